The number of carbonyl (C=O) groups excluding carboxylic acids is 2. The highest BCUT2D eigenvalue weighted by molar-refractivity contribution is 7.84. The molecule has 0 saturated heterocycles. The maximum Gasteiger partial charge on any atom is 0.411 e. The summed E-state index contributed by atoms with van der Waals surface area (Å²) >= 11 is 0. The Labute approximate surface area is 216 Å². The molecule has 37 heavy (non-hydrogen) atoms. The van der Waals surface area contributed by atoms with Crippen molar-refractivity contribution in [1.82, 2.24) is 25.3 Å². The van der Waals surface area contributed by atoms with Crippen LogP contribution in [-0.2, 0) is 33.7 Å². The fourth-order valence-corrected chi connectivity index (χ4v) is 4.20. The van der Waals surface area contributed by atoms with Gasteiger partial charge in [-0.15, -0.1) is 0 Å². The van der Waals surface area contributed by atoms with E-state index in [0.717, 1.165) is 0 Å². The molecule has 0 bridgehead atoms. The van der Waals surface area contributed by atoms with Gasteiger partial charge in [0.2, 0.25) is 0 Å². The van der Waals surface area contributed by atoms with Crippen LogP contribution in [0.15, 0.2) is 46.2 Å². The van der Waals surface area contributed by atoms with E-state index in [1.54, 1.807) is 70.5 Å². The van der Waals surface area contributed by atoms with Gasteiger partial charge in [-0.25, -0.2) is 14.7 Å². The van der Waals surface area contributed by atoms with E-state index in [1.807, 2.05) is 0 Å². The number of carbonyl (C=O) groups is 2. The van der Waals surface area contributed by atoms with Crippen LogP contribution in [0.25, 0.3) is 11.1 Å². The van der Waals surface area contributed by atoms with Gasteiger partial charge < -0.3 is 14.8 Å². The van der Waals surface area contributed by atoms with Gasteiger partial charge in [-0.1, -0.05) is 12.1 Å². The molecule has 0 aliphatic heterocycles. The van der Waals surface area contributed by atoms with Crippen molar-refractivity contribution in [2.75, 3.05) is 18.7 Å². The molecule has 3 rings (SSSR count). The van der Waals surface area contributed by atoms with Gasteiger partial charge in [0.05, 0.1) is 40.9 Å². The average molecular weight is 531 g/mol. The fraction of sp³-hybridized carbons (Fsp3) is 0.375. The van der Waals surface area contributed by atoms with E-state index in [0.29, 0.717) is 33.2 Å². The minimum Gasteiger partial charge on any atom is -0.453 e. The summed E-state index contributed by atoms with van der Waals surface area (Å²) in [6, 6.07) is 9.13. The highest BCUT2D eigenvalue weighted by atomic mass is 32.2. The highest BCUT2D eigenvalue weighted by Crippen LogP contribution is 2.23. The standard InChI is InChI=1S/C24H30N6O6S/c1-24(2,3)36-23(33)26-18(11-16-12-20(37(6)34)30(4)29-16)19-13-17(21(31)28-27-19)14-7-9-15(10-8-14)25-22(32)35-5/h7-10,12-13,18H,11H2,1-6H3,(H,25,32)(H,26,33)(H,28,31)/t18?,37-/m0/s1. The number of methoxy groups -OCH3 is 1. The van der Waals surface area contributed by atoms with Crippen molar-refractivity contribution in [3.8, 4) is 11.1 Å². The molecule has 0 aliphatic rings. The van der Waals surface area contributed by atoms with Gasteiger partial charge in [-0.2, -0.15) is 10.2 Å². The van der Waals surface area contributed by atoms with Gasteiger partial charge in [0.1, 0.15) is 10.6 Å². The van der Waals surface area contributed by atoms with E-state index in [-0.39, 0.29) is 6.42 Å². The van der Waals surface area contributed by atoms with Crippen LogP contribution in [-0.4, -0.2) is 55.3 Å². The molecule has 13 heteroatoms. The predicted molar refractivity (Wildman–Crippen MR) is 138 cm³/mol. The van der Waals surface area contributed by atoms with E-state index < -0.39 is 40.2 Å². The third kappa shape index (κ3) is 7.49. The molecule has 0 radical (unpaired) electrons. The zero-order chi connectivity index (χ0) is 27.3. The third-order valence-electron chi connectivity index (χ3n) is 5.09. The van der Waals surface area contributed by atoms with Crippen LogP contribution in [0, 0.1) is 0 Å². The number of anilines is 1. The first-order chi connectivity index (χ1) is 17.4. The Bertz CT molecular complexity index is 1360. The number of H-pyrrole nitrogens is 1. The summed E-state index contributed by atoms with van der Waals surface area (Å²) in [6.07, 6.45) is 0.474. The Balaban J connectivity index is 1.96. The molecule has 0 aliphatic carbocycles. The molecule has 3 aromatic rings. The maximum absolute atomic E-state index is 12.6. The summed E-state index contributed by atoms with van der Waals surface area (Å²) in [5.74, 6) is 0. The molecule has 12 nitrogen and oxygen atoms in total. The number of alkyl carbamates (subject to hydrolysis) is 1. The highest BCUT2D eigenvalue weighted by Gasteiger charge is 2.24. The lowest BCUT2D eigenvalue weighted by molar-refractivity contribution is 0.0501. The predicted octanol–water partition coefficient (Wildman–Crippen LogP) is 2.89. The number of hydrogen-bond donors (Lipinski definition) is 3. The van der Waals surface area contributed by atoms with E-state index in [1.165, 1.54) is 11.8 Å². The molecular weight excluding hydrogens is 500 g/mol. The number of aromatic nitrogens is 4. The first-order valence-electron chi connectivity index (χ1n) is 11.3. The Morgan fingerprint density at radius 2 is 1.84 bits per heavy atom. The molecule has 3 N–H and O–H groups in total. The van der Waals surface area contributed by atoms with E-state index in [9.17, 15) is 18.6 Å². The van der Waals surface area contributed by atoms with Crippen LogP contribution in [0.4, 0.5) is 15.3 Å². The summed E-state index contributed by atoms with van der Waals surface area (Å²) < 4.78 is 23.5. The number of aryl methyl sites for hydroxylation is 1. The SMILES string of the molecule is COC(=O)Nc1ccc(-c2cc(C(Cc3cc([S@](C)=O)n(C)n3)NC(=O)OC(C)(C)C)n[nH]c2=O)cc1. The Kier molecular flexibility index (Phi) is 8.48. The Morgan fingerprint density at radius 1 is 1.16 bits per heavy atom. The Morgan fingerprint density at radius 3 is 2.41 bits per heavy atom. The summed E-state index contributed by atoms with van der Waals surface area (Å²) in [6.45, 7) is 5.24. The van der Waals surface area contributed by atoms with E-state index >= 15 is 0 Å². The first-order valence-corrected chi connectivity index (χ1v) is 12.8. The largest absolute Gasteiger partial charge is 0.453 e. The molecule has 2 aromatic heterocycles. The van der Waals surface area contributed by atoms with Crippen molar-refractivity contribution in [2.24, 2.45) is 7.05 Å². The number of hydrogen-bond acceptors (Lipinski definition) is 8. The topological polar surface area (TPSA) is 157 Å². The third-order valence-corrected chi connectivity index (χ3v) is 6.07. The van der Waals surface area contributed by atoms with Gasteiger partial charge in [0.15, 0.2) is 0 Å². The zero-order valence-electron chi connectivity index (χ0n) is 21.4. The lowest BCUT2D eigenvalue weighted by Gasteiger charge is -2.23. The molecule has 0 spiro atoms. The van der Waals surface area contributed by atoms with Crippen LogP contribution in [0.2, 0.25) is 0 Å². The molecule has 2 heterocycles. The number of aromatic amines is 1. The van der Waals surface area contributed by atoms with Crippen molar-refractivity contribution in [3.05, 3.63) is 58.1 Å². The summed E-state index contributed by atoms with van der Waals surface area (Å²) in [5, 5.41) is 16.9. The molecule has 2 amide bonds. The fourth-order valence-electron chi connectivity index (χ4n) is 3.48. The van der Waals surface area contributed by atoms with Gasteiger partial charge >= 0.3 is 12.2 Å². The van der Waals surface area contributed by atoms with Gasteiger partial charge in [-0.3, -0.25) is 19.0 Å². The number of nitrogens with zero attached hydrogens (tertiary/aromatic N) is 3. The number of ether oxygens (including phenoxy) is 2. The van der Waals surface area contributed by atoms with Crippen molar-refractivity contribution < 1.29 is 23.3 Å². The summed E-state index contributed by atoms with van der Waals surface area (Å²) in [7, 11) is 1.70. The number of amides is 2. The number of nitrogens with one attached hydrogen (secondary N) is 3. The van der Waals surface area contributed by atoms with Gasteiger partial charge in [-0.05, 0) is 50.6 Å². The van der Waals surface area contributed by atoms with E-state index in [4.69, 9.17) is 4.74 Å². The van der Waals surface area contributed by atoms with Crippen molar-refractivity contribution >= 4 is 28.7 Å². The number of benzene rings is 1. The van der Waals surface area contributed by atoms with Gasteiger partial charge in [0.25, 0.3) is 5.56 Å². The molecule has 1 unspecified atom stereocenters. The van der Waals surface area contributed by atoms with Crippen molar-refractivity contribution in [2.45, 2.75) is 43.9 Å². The second-order valence-electron chi connectivity index (χ2n) is 9.18. The molecular formula is C24H30N6O6S. The summed E-state index contributed by atoms with van der Waals surface area (Å²) in [5.41, 5.74) is 1.14. The van der Waals surface area contributed by atoms with Crippen molar-refractivity contribution in [1.29, 1.82) is 0 Å². The first kappa shape index (κ1) is 27.6. The van der Waals surface area contributed by atoms with Crippen LogP contribution >= 0.6 is 0 Å². The van der Waals surface area contributed by atoms with Crippen LogP contribution in [0.1, 0.15) is 38.2 Å². The average Bonchev–Trinajstić information content (AvgIpc) is 3.18. The molecule has 0 saturated carbocycles. The molecule has 198 valence electrons. The lowest BCUT2D eigenvalue weighted by atomic mass is 10.0. The minimum absolute atomic E-state index is 0.199. The minimum atomic E-state index is -1.25. The second kappa shape index (κ2) is 11.4. The summed E-state index contributed by atoms with van der Waals surface area (Å²) in [4.78, 5) is 36.7. The van der Waals surface area contributed by atoms with Crippen LogP contribution in [0.5, 0.6) is 0 Å². The normalized spacial score (nSPS) is 12.9. The maximum atomic E-state index is 12.6. The number of rotatable bonds is 7. The monoisotopic (exact) mass is 530 g/mol. The lowest BCUT2D eigenvalue weighted by Crippen LogP contribution is -2.36. The molecule has 1 aromatic carbocycles. The molecule has 2 atom stereocenters. The Hall–Kier alpha value is -4.00. The van der Waals surface area contributed by atoms with Gasteiger partial charge in [0, 0.05) is 25.4 Å². The zero-order valence-corrected chi connectivity index (χ0v) is 22.3. The quantitative estimate of drug-likeness (QED) is 0.421. The smallest absolute Gasteiger partial charge is 0.411 e. The van der Waals surface area contributed by atoms with Crippen molar-refractivity contribution in [3.63, 3.8) is 0 Å². The van der Waals surface area contributed by atoms with Crippen LogP contribution < -0.4 is 16.2 Å². The van der Waals surface area contributed by atoms with E-state index in [2.05, 4.69) is 30.7 Å². The second-order valence-corrected chi connectivity index (χ2v) is 10.5. The van der Waals surface area contributed by atoms with Crippen LogP contribution in [0.3, 0.4) is 0 Å². The molecule has 0 fully saturated rings.